The molecule has 1 aromatic heterocycles. The first kappa shape index (κ1) is 14.3. The predicted octanol–water partition coefficient (Wildman–Crippen LogP) is 2.98. The van der Waals surface area contributed by atoms with E-state index < -0.39 is 0 Å². The van der Waals surface area contributed by atoms with Gasteiger partial charge in [-0.15, -0.1) is 11.3 Å². The number of nitrogens with zero attached hydrogens (tertiary/aromatic N) is 1. The smallest absolute Gasteiger partial charge is 0.277 e. The molecule has 0 aliphatic heterocycles. The SMILES string of the molecule is C/C(=N\NC(=O)COc1ccc(C)cc1)c1cccs1. The number of hydrogen-bond acceptors (Lipinski definition) is 4. The molecule has 0 radical (unpaired) electrons. The molecular formula is C15H16N2O2S. The zero-order chi connectivity index (χ0) is 14.4. The van der Waals surface area contributed by atoms with Crippen LogP contribution in [0, 0.1) is 6.92 Å². The van der Waals surface area contributed by atoms with Crippen molar-refractivity contribution in [2.75, 3.05) is 6.61 Å². The Morgan fingerprint density at radius 1 is 1.30 bits per heavy atom. The number of aryl methyl sites for hydroxylation is 1. The topological polar surface area (TPSA) is 50.7 Å². The molecule has 1 heterocycles. The van der Waals surface area contributed by atoms with E-state index in [2.05, 4.69) is 10.5 Å². The van der Waals surface area contributed by atoms with Gasteiger partial charge < -0.3 is 4.74 Å². The highest BCUT2D eigenvalue weighted by molar-refractivity contribution is 7.12. The number of amides is 1. The van der Waals surface area contributed by atoms with Gasteiger partial charge in [-0.05, 0) is 37.4 Å². The molecule has 0 fully saturated rings. The normalized spacial score (nSPS) is 11.2. The number of hydrazone groups is 1. The predicted molar refractivity (Wildman–Crippen MR) is 81.3 cm³/mol. The lowest BCUT2D eigenvalue weighted by Crippen LogP contribution is -2.25. The quantitative estimate of drug-likeness (QED) is 0.679. The van der Waals surface area contributed by atoms with Crippen LogP contribution in [-0.4, -0.2) is 18.2 Å². The molecule has 104 valence electrons. The summed E-state index contributed by atoms with van der Waals surface area (Å²) in [5.41, 5.74) is 4.42. The molecule has 0 atom stereocenters. The number of carbonyl (C=O) groups is 1. The monoisotopic (exact) mass is 288 g/mol. The molecule has 0 aliphatic carbocycles. The fourth-order valence-corrected chi connectivity index (χ4v) is 2.18. The van der Waals surface area contributed by atoms with Crippen LogP contribution in [0.25, 0.3) is 0 Å². The summed E-state index contributed by atoms with van der Waals surface area (Å²) in [4.78, 5) is 12.6. The maximum absolute atomic E-state index is 11.6. The summed E-state index contributed by atoms with van der Waals surface area (Å²) in [6.45, 7) is 3.80. The summed E-state index contributed by atoms with van der Waals surface area (Å²) in [5, 5.41) is 6.01. The minimum absolute atomic E-state index is 0.0513. The van der Waals surface area contributed by atoms with E-state index in [9.17, 15) is 4.79 Å². The van der Waals surface area contributed by atoms with Crippen LogP contribution in [0.15, 0.2) is 46.9 Å². The van der Waals surface area contributed by atoms with Crippen LogP contribution in [-0.2, 0) is 4.79 Å². The Balaban J connectivity index is 1.81. The Morgan fingerprint density at radius 2 is 2.05 bits per heavy atom. The lowest BCUT2D eigenvalue weighted by atomic mass is 10.2. The Labute approximate surface area is 122 Å². The first-order valence-electron chi connectivity index (χ1n) is 6.21. The van der Waals surface area contributed by atoms with E-state index in [1.807, 2.05) is 55.6 Å². The van der Waals surface area contributed by atoms with Crippen molar-refractivity contribution in [2.24, 2.45) is 5.10 Å². The number of benzene rings is 1. The maximum atomic E-state index is 11.6. The van der Waals surface area contributed by atoms with Crippen LogP contribution in [0.1, 0.15) is 17.4 Å². The highest BCUT2D eigenvalue weighted by Crippen LogP contribution is 2.11. The van der Waals surface area contributed by atoms with Crippen LogP contribution in [0.2, 0.25) is 0 Å². The number of nitrogens with one attached hydrogen (secondary N) is 1. The average molecular weight is 288 g/mol. The number of carbonyl (C=O) groups excluding carboxylic acids is 1. The van der Waals surface area contributed by atoms with Crippen molar-refractivity contribution in [1.82, 2.24) is 5.43 Å². The number of ether oxygens (including phenoxy) is 1. The molecule has 0 saturated carbocycles. The minimum atomic E-state index is -0.276. The molecule has 0 saturated heterocycles. The number of thiophene rings is 1. The van der Waals surface area contributed by atoms with Gasteiger partial charge in [-0.2, -0.15) is 5.10 Å². The van der Waals surface area contributed by atoms with Crippen molar-refractivity contribution in [3.8, 4) is 5.75 Å². The number of hydrogen-bond donors (Lipinski definition) is 1. The lowest BCUT2D eigenvalue weighted by Gasteiger charge is -2.05. The van der Waals surface area contributed by atoms with Crippen molar-refractivity contribution < 1.29 is 9.53 Å². The van der Waals surface area contributed by atoms with Crippen LogP contribution >= 0.6 is 11.3 Å². The van der Waals surface area contributed by atoms with Crippen LogP contribution in [0.4, 0.5) is 0 Å². The van der Waals surface area contributed by atoms with Crippen LogP contribution in [0.5, 0.6) is 5.75 Å². The first-order valence-corrected chi connectivity index (χ1v) is 7.09. The second kappa shape index (κ2) is 6.86. The van der Waals surface area contributed by atoms with Gasteiger partial charge in [0.25, 0.3) is 5.91 Å². The van der Waals surface area contributed by atoms with Gasteiger partial charge >= 0.3 is 0 Å². The fraction of sp³-hybridized carbons (Fsp3) is 0.200. The van der Waals surface area contributed by atoms with Gasteiger partial charge in [-0.1, -0.05) is 23.8 Å². The molecule has 2 aromatic rings. The zero-order valence-electron chi connectivity index (χ0n) is 11.4. The van der Waals surface area contributed by atoms with E-state index in [1.165, 1.54) is 0 Å². The van der Waals surface area contributed by atoms with Crippen molar-refractivity contribution in [3.63, 3.8) is 0 Å². The van der Waals surface area contributed by atoms with Crippen LogP contribution in [0.3, 0.4) is 0 Å². The maximum Gasteiger partial charge on any atom is 0.277 e. The van der Waals surface area contributed by atoms with E-state index in [1.54, 1.807) is 11.3 Å². The molecule has 0 unspecified atom stereocenters. The van der Waals surface area contributed by atoms with Gasteiger partial charge in [0, 0.05) is 4.88 Å². The minimum Gasteiger partial charge on any atom is -0.484 e. The zero-order valence-corrected chi connectivity index (χ0v) is 12.2. The number of rotatable bonds is 5. The molecule has 20 heavy (non-hydrogen) atoms. The molecule has 4 nitrogen and oxygen atoms in total. The Kier molecular flexibility index (Phi) is 4.90. The molecule has 5 heteroatoms. The summed E-state index contributed by atoms with van der Waals surface area (Å²) in [6, 6.07) is 11.4. The Bertz CT molecular complexity index is 589. The average Bonchev–Trinajstić information content (AvgIpc) is 2.98. The third kappa shape index (κ3) is 4.20. The van der Waals surface area contributed by atoms with Crippen LogP contribution < -0.4 is 10.2 Å². The highest BCUT2D eigenvalue weighted by Gasteiger charge is 2.03. The van der Waals surface area contributed by atoms with E-state index in [-0.39, 0.29) is 12.5 Å². The second-order valence-electron chi connectivity index (χ2n) is 4.31. The molecule has 2 rings (SSSR count). The Hall–Kier alpha value is -2.14. The van der Waals surface area contributed by atoms with Crippen molar-refractivity contribution in [3.05, 3.63) is 52.2 Å². The van der Waals surface area contributed by atoms with E-state index >= 15 is 0 Å². The summed E-state index contributed by atoms with van der Waals surface area (Å²) >= 11 is 1.58. The van der Waals surface area contributed by atoms with Gasteiger partial charge in [0.15, 0.2) is 6.61 Å². The molecule has 1 amide bonds. The molecular weight excluding hydrogens is 272 g/mol. The van der Waals surface area contributed by atoms with E-state index in [4.69, 9.17) is 4.74 Å². The molecule has 0 spiro atoms. The lowest BCUT2D eigenvalue weighted by molar-refractivity contribution is -0.123. The van der Waals surface area contributed by atoms with E-state index in [0.29, 0.717) is 5.75 Å². The fourth-order valence-electron chi connectivity index (χ4n) is 1.50. The van der Waals surface area contributed by atoms with E-state index in [0.717, 1.165) is 16.2 Å². The van der Waals surface area contributed by atoms with Gasteiger partial charge in [-0.3, -0.25) is 4.79 Å². The van der Waals surface area contributed by atoms with Gasteiger partial charge in [0.1, 0.15) is 5.75 Å². The Morgan fingerprint density at radius 3 is 2.70 bits per heavy atom. The third-order valence-corrected chi connectivity index (χ3v) is 3.60. The molecule has 1 aromatic carbocycles. The molecule has 0 aliphatic rings. The summed E-state index contributed by atoms with van der Waals surface area (Å²) < 4.78 is 5.37. The van der Waals surface area contributed by atoms with Gasteiger partial charge in [-0.25, -0.2) is 5.43 Å². The summed E-state index contributed by atoms with van der Waals surface area (Å²) in [6.07, 6.45) is 0. The molecule has 1 N–H and O–H groups in total. The summed E-state index contributed by atoms with van der Waals surface area (Å²) in [5.74, 6) is 0.395. The van der Waals surface area contributed by atoms with Crippen molar-refractivity contribution in [2.45, 2.75) is 13.8 Å². The summed E-state index contributed by atoms with van der Waals surface area (Å²) in [7, 11) is 0. The van der Waals surface area contributed by atoms with Gasteiger partial charge in [0.05, 0.1) is 5.71 Å². The molecule has 0 bridgehead atoms. The second-order valence-corrected chi connectivity index (χ2v) is 5.26. The van der Waals surface area contributed by atoms with Crippen molar-refractivity contribution in [1.29, 1.82) is 0 Å². The highest BCUT2D eigenvalue weighted by atomic mass is 32.1. The third-order valence-electron chi connectivity index (χ3n) is 2.62. The standard InChI is InChI=1S/C15H16N2O2S/c1-11-5-7-13(8-6-11)19-10-15(18)17-16-12(2)14-4-3-9-20-14/h3-9H,10H2,1-2H3,(H,17,18)/b16-12+. The largest absolute Gasteiger partial charge is 0.484 e. The van der Waals surface area contributed by atoms with Crippen molar-refractivity contribution >= 4 is 23.0 Å². The van der Waals surface area contributed by atoms with Gasteiger partial charge in [0.2, 0.25) is 0 Å². The first-order chi connectivity index (χ1) is 9.65.